The number of carbonyl (C=O) groups excluding carboxylic acids is 1. The summed E-state index contributed by atoms with van der Waals surface area (Å²) in [5, 5.41) is 3.04. The Labute approximate surface area is 92.8 Å². The van der Waals surface area contributed by atoms with Crippen molar-refractivity contribution in [1.29, 1.82) is 0 Å². The van der Waals surface area contributed by atoms with Crippen LogP contribution >= 0.6 is 0 Å². The molecular formula is C10H14FN3O2. The average Bonchev–Trinajstić information content (AvgIpc) is 2.24. The molecule has 3 N–H and O–H groups in total. The van der Waals surface area contributed by atoms with Gasteiger partial charge in [-0.25, -0.2) is 9.18 Å². The van der Waals surface area contributed by atoms with Crippen molar-refractivity contribution in [1.82, 2.24) is 10.3 Å². The third-order valence-electron chi connectivity index (χ3n) is 2.02. The Morgan fingerprint density at radius 3 is 3.06 bits per heavy atom. The number of rotatable bonds is 5. The van der Waals surface area contributed by atoms with Gasteiger partial charge >= 0.3 is 6.09 Å². The summed E-state index contributed by atoms with van der Waals surface area (Å²) in [7, 11) is 0. The third kappa shape index (κ3) is 4.22. The van der Waals surface area contributed by atoms with Gasteiger partial charge in [0.05, 0.1) is 6.20 Å². The molecule has 1 aromatic heterocycles. The number of hydrogen-bond donors (Lipinski definition) is 2. The number of ether oxygens (including phenoxy) is 1. The van der Waals surface area contributed by atoms with E-state index in [9.17, 15) is 9.18 Å². The number of nitrogens with one attached hydrogen (secondary N) is 1. The smallest absolute Gasteiger partial charge is 0.404 e. The maximum absolute atomic E-state index is 12.8. The zero-order chi connectivity index (χ0) is 12.0. The Balaban J connectivity index is 2.35. The van der Waals surface area contributed by atoms with E-state index in [0.29, 0.717) is 6.54 Å². The number of nitrogens with two attached hydrogens (primary N) is 1. The quantitative estimate of drug-likeness (QED) is 0.735. The zero-order valence-corrected chi connectivity index (χ0v) is 8.94. The van der Waals surface area contributed by atoms with Crippen LogP contribution in [0.1, 0.15) is 18.5 Å². The highest BCUT2D eigenvalue weighted by atomic mass is 19.1. The highest BCUT2D eigenvalue weighted by Crippen LogP contribution is 2.11. The van der Waals surface area contributed by atoms with Gasteiger partial charge in [-0.3, -0.25) is 4.98 Å². The lowest BCUT2D eigenvalue weighted by Crippen LogP contribution is -2.26. The number of primary amides is 1. The van der Waals surface area contributed by atoms with Gasteiger partial charge < -0.3 is 15.8 Å². The summed E-state index contributed by atoms with van der Waals surface area (Å²) >= 11 is 0. The van der Waals surface area contributed by atoms with Crippen molar-refractivity contribution in [2.45, 2.75) is 13.0 Å². The lowest BCUT2D eigenvalue weighted by atomic mass is 10.1. The third-order valence-corrected chi connectivity index (χ3v) is 2.02. The Morgan fingerprint density at radius 1 is 1.69 bits per heavy atom. The van der Waals surface area contributed by atoms with Crippen LogP contribution in [0.3, 0.4) is 0 Å². The van der Waals surface area contributed by atoms with E-state index < -0.39 is 6.09 Å². The van der Waals surface area contributed by atoms with Crippen molar-refractivity contribution in [3.63, 3.8) is 0 Å². The van der Waals surface area contributed by atoms with E-state index in [4.69, 9.17) is 5.73 Å². The van der Waals surface area contributed by atoms with E-state index in [2.05, 4.69) is 15.0 Å². The van der Waals surface area contributed by atoms with Gasteiger partial charge in [-0.15, -0.1) is 0 Å². The van der Waals surface area contributed by atoms with E-state index in [0.717, 1.165) is 11.8 Å². The van der Waals surface area contributed by atoms with Gasteiger partial charge in [0.25, 0.3) is 0 Å². The molecule has 1 rings (SSSR count). The predicted molar refractivity (Wildman–Crippen MR) is 56.1 cm³/mol. The molecule has 1 amide bonds. The first-order valence-electron chi connectivity index (χ1n) is 4.85. The minimum absolute atomic E-state index is 0.0697. The first-order chi connectivity index (χ1) is 7.59. The first-order valence-corrected chi connectivity index (χ1v) is 4.85. The van der Waals surface area contributed by atoms with Crippen molar-refractivity contribution in [3.05, 3.63) is 29.8 Å². The highest BCUT2D eigenvalue weighted by molar-refractivity contribution is 5.64. The lowest BCUT2D eigenvalue weighted by molar-refractivity contribution is 0.156. The fraction of sp³-hybridized carbons (Fsp3) is 0.400. The molecule has 0 saturated carbocycles. The van der Waals surface area contributed by atoms with Crippen molar-refractivity contribution in [3.8, 4) is 0 Å². The molecule has 1 aromatic rings. The normalized spacial score (nSPS) is 12.1. The van der Waals surface area contributed by atoms with Crippen LogP contribution in [-0.2, 0) is 4.74 Å². The number of aromatic nitrogens is 1. The molecular weight excluding hydrogens is 213 g/mol. The number of pyridine rings is 1. The van der Waals surface area contributed by atoms with Gasteiger partial charge in [-0.1, -0.05) is 0 Å². The molecule has 6 heteroatoms. The van der Waals surface area contributed by atoms with Gasteiger partial charge in [-0.2, -0.15) is 0 Å². The van der Waals surface area contributed by atoms with Crippen LogP contribution in [0.4, 0.5) is 9.18 Å². The fourth-order valence-electron chi connectivity index (χ4n) is 1.21. The number of carbonyl (C=O) groups is 1. The molecule has 0 radical (unpaired) electrons. The Hall–Kier alpha value is -1.69. The second kappa shape index (κ2) is 6.02. The Morgan fingerprint density at radius 2 is 2.44 bits per heavy atom. The standard InChI is InChI=1S/C10H14FN3O2/c1-7(14-2-3-16-10(12)15)8-4-9(11)6-13-5-8/h4-7,14H,2-3H2,1H3,(H2,12,15). The van der Waals surface area contributed by atoms with Crippen LogP contribution < -0.4 is 11.1 Å². The summed E-state index contributed by atoms with van der Waals surface area (Å²) in [4.78, 5) is 14.0. The maximum atomic E-state index is 12.8. The molecule has 0 aromatic carbocycles. The van der Waals surface area contributed by atoms with E-state index >= 15 is 0 Å². The van der Waals surface area contributed by atoms with Crippen molar-refractivity contribution in [2.24, 2.45) is 5.73 Å². The summed E-state index contributed by atoms with van der Waals surface area (Å²) in [5.74, 6) is -0.375. The summed E-state index contributed by atoms with van der Waals surface area (Å²) in [6.45, 7) is 2.49. The van der Waals surface area contributed by atoms with Gasteiger partial charge in [0.1, 0.15) is 12.4 Å². The van der Waals surface area contributed by atoms with Gasteiger partial charge in [0.15, 0.2) is 0 Å². The van der Waals surface area contributed by atoms with Gasteiger partial charge in [0.2, 0.25) is 0 Å². The molecule has 88 valence electrons. The van der Waals surface area contributed by atoms with E-state index in [-0.39, 0.29) is 18.5 Å². The molecule has 0 aliphatic rings. The largest absolute Gasteiger partial charge is 0.448 e. The number of nitrogens with zero attached hydrogens (tertiary/aromatic N) is 1. The second-order valence-electron chi connectivity index (χ2n) is 3.28. The predicted octanol–water partition coefficient (Wildman–Crippen LogP) is 0.967. The van der Waals surface area contributed by atoms with Crippen LogP contribution in [0, 0.1) is 5.82 Å². The monoisotopic (exact) mass is 227 g/mol. The number of hydrogen-bond acceptors (Lipinski definition) is 4. The first kappa shape index (κ1) is 12.4. The van der Waals surface area contributed by atoms with Crippen LogP contribution in [0.25, 0.3) is 0 Å². The molecule has 1 heterocycles. The minimum atomic E-state index is -0.804. The van der Waals surface area contributed by atoms with E-state index in [1.807, 2.05) is 6.92 Å². The molecule has 0 spiro atoms. The van der Waals surface area contributed by atoms with Crippen LogP contribution in [-0.4, -0.2) is 24.2 Å². The molecule has 0 bridgehead atoms. The van der Waals surface area contributed by atoms with Gasteiger partial charge in [-0.05, 0) is 18.6 Å². The number of amides is 1. The van der Waals surface area contributed by atoms with Crippen LogP contribution in [0.5, 0.6) is 0 Å². The minimum Gasteiger partial charge on any atom is -0.448 e. The van der Waals surface area contributed by atoms with E-state index in [1.165, 1.54) is 6.07 Å². The Kier molecular flexibility index (Phi) is 4.65. The van der Waals surface area contributed by atoms with Crippen molar-refractivity contribution in [2.75, 3.05) is 13.2 Å². The lowest BCUT2D eigenvalue weighted by Gasteiger charge is -2.13. The van der Waals surface area contributed by atoms with Crippen LogP contribution in [0.2, 0.25) is 0 Å². The van der Waals surface area contributed by atoms with Crippen molar-refractivity contribution >= 4 is 6.09 Å². The molecule has 0 aliphatic carbocycles. The Bertz CT molecular complexity index is 360. The summed E-state index contributed by atoms with van der Waals surface area (Å²) in [6, 6.07) is 1.33. The molecule has 0 aliphatic heterocycles. The highest BCUT2D eigenvalue weighted by Gasteiger charge is 2.06. The molecule has 5 nitrogen and oxygen atoms in total. The molecule has 0 fully saturated rings. The van der Waals surface area contributed by atoms with Crippen molar-refractivity contribution < 1.29 is 13.9 Å². The average molecular weight is 227 g/mol. The molecule has 16 heavy (non-hydrogen) atoms. The molecule has 1 atom stereocenters. The summed E-state index contributed by atoms with van der Waals surface area (Å²) in [5.41, 5.74) is 5.53. The van der Waals surface area contributed by atoms with E-state index in [1.54, 1.807) is 6.20 Å². The molecule has 0 saturated heterocycles. The summed E-state index contributed by atoms with van der Waals surface area (Å²) < 4.78 is 17.4. The molecule has 1 unspecified atom stereocenters. The SMILES string of the molecule is CC(NCCOC(N)=O)c1cncc(F)c1. The topological polar surface area (TPSA) is 77.2 Å². The van der Waals surface area contributed by atoms with Gasteiger partial charge in [0, 0.05) is 18.8 Å². The fourth-order valence-corrected chi connectivity index (χ4v) is 1.21. The maximum Gasteiger partial charge on any atom is 0.404 e. The summed E-state index contributed by atoms with van der Waals surface area (Å²) in [6.07, 6.45) is 1.92. The zero-order valence-electron chi connectivity index (χ0n) is 8.94. The second-order valence-corrected chi connectivity index (χ2v) is 3.28. The van der Waals surface area contributed by atoms with Crippen LogP contribution in [0.15, 0.2) is 18.5 Å². The number of halogens is 1.